The van der Waals surface area contributed by atoms with Crippen LogP contribution < -0.4 is 5.32 Å². The number of carbonyl (C=O) groups is 1. The molecule has 0 aliphatic carbocycles. The number of fused-ring (bicyclic) bond motifs is 1. The van der Waals surface area contributed by atoms with Crippen LogP contribution in [0, 0.1) is 0 Å². The second-order valence-corrected chi connectivity index (χ2v) is 4.97. The first-order valence-corrected chi connectivity index (χ1v) is 6.43. The number of carbonyl (C=O) groups excluding carboxylic acids is 1. The third-order valence-corrected chi connectivity index (χ3v) is 3.76. The summed E-state index contributed by atoms with van der Waals surface area (Å²) in [5.74, 6) is 0.279. The van der Waals surface area contributed by atoms with E-state index in [1.165, 1.54) is 24.0 Å². The highest BCUT2D eigenvalue weighted by molar-refractivity contribution is 5.82. The van der Waals surface area contributed by atoms with Crippen LogP contribution >= 0.6 is 0 Å². The van der Waals surface area contributed by atoms with Crippen LogP contribution in [0.1, 0.15) is 30.4 Å². The Bertz CT molecular complexity index is 399. The standard InChI is InChI=1S/C14H18N2O/c17-14(13-7-3-4-8-15-13)16-9-11-5-1-2-6-12(11)10-16/h1-2,5-6,13,15H,3-4,7-10H2/t13-/m1/s1. The summed E-state index contributed by atoms with van der Waals surface area (Å²) in [7, 11) is 0. The van der Waals surface area contributed by atoms with Crippen molar-refractivity contribution in [3.05, 3.63) is 35.4 Å². The van der Waals surface area contributed by atoms with Crippen molar-refractivity contribution in [1.82, 2.24) is 10.2 Å². The number of rotatable bonds is 1. The van der Waals surface area contributed by atoms with Crippen molar-refractivity contribution in [1.29, 1.82) is 0 Å². The van der Waals surface area contributed by atoms with Crippen molar-refractivity contribution in [3.63, 3.8) is 0 Å². The van der Waals surface area contributed by atoms with Gasteiger partial charge in [-0.3, -0.25) is 4.79 Å². The second kappa shape index (κ2) is 4.49. The fourth-order valence-corrected chi connectivity index (χ4v) is 2.77. The minimum atomic E-state index is 0.0538. The molecule has 0 spiro atoms. The van der Waals surface area contributed by atoms with E-state index in [1.807, 2.05) is 17.0 Å². The first-order chi connectivity index (χ1) is 8.34. The van der Waals surface area contributed by atoms with E-state index >= 15 is 0 Å². The van der Waals surface area contributed by atoms with Gasteiger partial charge in [-0.05, 0) is 30.5 Å². The zero-order valence-electron chi connectivity index (χ0n) is 9.98. The highest BCUT2D eigenvalue weighted by Gasteiger charge is 2.29. The van der Waals surface area contributed by atoms with Gasteiger partial charge in [0.15, 0.2) is 0 Å². The number of amides is 1. The predicted octanol–water partition coefficient (Wildman–Crippen LogP) is 1.67. The maximum absolute atomic E-state index is 12.3. The summed E-state index contributed by atoms with van der Waals surface area (Å²) in [6.07, 6.45) is 3.36. The summed E-state index contributed by atoms with van der Waals surface area (Å²) in [6.45, 7) is 2.55. The van der Waals surface area contributed by atoms with E-state index in [1.54, 1.807) is 0 Å². The number of nitrogens with one attached hydrogen (secondary N) is 1. The SMILES string of the molecule is O=C([C@H]1CCCCN1)N1Cc2ccccc2C1. The third kappa shape index (κ3) is 2.07. The van der Waals surface area contributed by atoms with E-state index in [-0.39, 0.29) is 11.9 Å². The fourth-order valence-electron chi connectivity index (χ4n) is 2.77. The normalized spacial score (nSPS) is 23.5. The molecule has 1 fully saturated rings. The van der Waals surface area contributed by atoms with E-state index in [4.69, 9.17) is 0 Å². The lowest BCUT2D eigenvalue weighted by atomic mass is 10.0. The predicted molar refractivity (Wildman–Crippen MR) is 66.3 cm³/mol. The average Bonchev–Trinajstić information content (AvgIpc) is 2.82. The monoisotopic (exact) mass is 230 g/mol. The van der Waals surface area contributed by atoms with Gasteiger partial charge in [0.05, 0.1) is 6.04 Å². The molecule has 0 saturated carbocycles. The second-order valence-electron chi connectivity index (χ2n) is 4.97. The van der Waals surface area contributed by atoms with Gasteiger partial charge in [-0.1, -0.05) is 30.7 Å². The van der Waals surface area contributed by atoms with E-state index < -0.39 is 0 Å². The van der Waals surface area contributed by atoms with Crippen LogP contribution in [-0.4, -0.2) is 23.4 Å². The number of hydrogen-bond acceptors (Lipinski definition) is 2. The maximum Gasteiger partial charge on any atom is 0.240 e. The molecule has 90 valence electrons. The summed E-state index contributed by atoms with van der Waals surface area (Å²) in [5, 5.41) is 3.33. The van der Waals surface area contributed by atoms with Crippen molar-refractivity contribution >= 4 is 5.91 Å². The zero-order chi connectivity index (χ0) is 11.7. The average molecular weight is 230 g/mol. The van der Waals surface area contributed by atoms with Crippen molar-refractivity contribution in [3.8, 4) is 0 Å². The molecule has 1 amide bonds. The Morgan fingerprint density at radius 3 is 2.47 bits per heavy atom. The Hall–Kier alpha value is -1.35. The van der Waals surface area contributed by atoms with Crippen LogP contribution in [0.25, 0.3) is 0 Å². The molecule has 1 saturated heterocycles. The third-order valence-electron chi connectivity index (χ3n) is 3.76. The van der Waals surface area contributed by atoms with E-state index in [0.717, 1.165) is 26.1 Å². The Morgan fingerprint density at radius 1 is 1.18 bits per heavy atom. The Kier molecular flexibility index (Phi) is 2.85. The molecule has 0 radical (unpaired) electrons. The molecule has 3 heteroatoms. The smallest absolute Gasteiger partial charge is 0.240 e. The van der Waals surface area contributed by atoms with Gasteiger partial charge in [0.25, 0.3) is 0 Å². The molecular weight excluding hydrogens is 212 g/mol. The molecule has 2 heterocycles. The number of nitrogens with zero attached hydrogens (tertiary/aromatic N) is 1. The van der Waals surface area contributed by atoms with Gasteiger partial charge < -0.3 is 10.2 Å². The molecular formula is C14H18N2O. The molecule has 0 aromatic heterocycles. The lowest BCUT2D eigenvalue weighted by molar-refractivity contribution is -0.134. The maximum atomic E-state index is 12.3. The van der Waals surface area contributed by atoms with Crippen molar-refractivity contribution < 1.29 is 4.79 Å². The van der Waals surface area contributed by atoms with Crippen LogP contribution in [0.2, 0.25) is 0 Å². The molecule has 2 aliphatic heterocycles. The van der Waals surface area contributed by atoms with Crippen LogP contribution in [0.4, 0.5) is 0 Å². The quantitative estimate of drug-likeness (QED) is 0.796. The summed E-state index contributed by atoms with van der Waals surface area (Å²) >= 11 is 0. The van der Waals surface area contributed by atoms with E-state index in [9.17, 15) is 4.79 Å². The van der Waals surface area contributed by atoms with Crippen LogP contribution in [0.3, 0.4) is 0 Å². The fraction of sp³-hybridized carbons (Fsp3) is 0.500. The van der Waals surface area contributed by atoms with E-state index in [0.29, 0.717) is 0 Å². The molecule has 3 rings (SSSR count). The first kappa shape index (κ1) is 10.8. The highest BCUT2D eigenvalue weighted by atomic mass is 16.2. The van der Waals surface area contributed by atoms with Gasteiger partial charge >= 0.3 is 0 Å². The number of benzene rings is 1. The van der Waals surface area contributed by atoms with Crippen LogP contribution in [0.5, 0.6) is 0 Å². The molecule has 1 N–H and O–H groups in total. The topological polar surface area (TPSA) is 32.3 Å². The van der Waals surface area contributed by atoms with Gasteiger partial charge in [0.2, 0.25) is 5.91 Å². The van der Waals surface area contributed by atoms with Gasteiger partial charge in [0.1, 0.15) is 0 Å². The minimum Gasteiger partial charge on any atom is -0.333 e. The van der Waals surface area contributed by atoms with Crippen molar-refractivity contribution in [2.75, 3.05) is 6.54 Å². The number of piperidine rings is 1. The highest BCUT2D eigenvalue weighted by Crippen LogP contribution is 2.23. The molecule has 0 unspecified atom stereocenters. The summed E-state index contributed by atoms with van der Waals surface area (Å²) < 4.78 is 0. The van der Waals surface area contributed by atoms with Gasteiger partial charge in [-0.25, -0.2) is 0 Å². The van der Waals surface area contributed by atoms with Crippen LogP contribution in [0.15, 0.2) is 24.3 Å². The van der Waals surface area contributed by atoms with Gasteiger partial charge in [-0.2, -0.15) is 0 Å². The summed E-state index contributed by atoms with van der Waals surface area (Å²) in [4.78, 5) is 14.3. The van der Waals surface area contributed by atoms with Crippen molar-refractivity contribution in [2.24, 2.45) is 0 Å². The van der Waals surface area contributed by atoms with Gasteiger partial charge in [-0.15, -0.1) is 0 Å². The molecule has 0 bridgehead atoms. The summed E-state index contributed by atoms with van der Waals surface area (Å²) in [6, 6.07) is 8.39. The molecule has 1 aromatic carbocycles. The zero-order valence-corrected chi connectivity index (χ0v) is 9.98. The van der Waals surface area contributed by atoms with Crippen molar-refractivity contribution in [2.45, 2.75) is 38.4 Å². The summed E-state index contributed by atoms with van der Waals surface area (Å²) in [5.41, 5.74) is 2.60. The minimum absolute atomic E-state index is 0.0538. The largest absolute Gasteiger partial charge is 0.333 e. The van der Waals surface area contributed by atoms with Crippen LogP contribution in [-0.2, 0) is 17.9 Å². The Morgan fingerprint density at radius 2 is 1.88 bits per heavy atom. The van der Waals surface area contributed by atoms with Gasteiger partial charge in [0, 0.05) is 13.1 Å². The Labute approximate surface area is 102 Å². The number of hydrogen-bond donors (Lipinski definition) is 1. The molecule has 1 atom stereocenters. The van der Waals surface area contributed by atoms with E-state index in [2.05, 4.69) is 17.4 Å². The Balaban J connectivity index is 1.69. The molecule has 17 heavy (non-hydrogen) atoms. The lowest BCUT2D eigenvalue weighted by Gasteiger charge is -2.27. The molecule has 1 aromatic rings. The molecule has 2 aliphatic rings. The lowest BCUT2D eigenvalue weighted by Crippen LogP contribution is -2.46. The molecule has 3 nitrogen and oxygen atoms in total. The first-order valence-electron chi connectivity index (χ1n) is 6.43.